The number of hydrogen-bond donors (Lipinski definition) is 1. The quantitative estimate of drug-likeness (QED) is 0.839. The monoisotopic (exact) mass is 237 g/mol. The summed E-state index contributed by atoms with van der Waals surface area (Å²) in [5.41, 5.74) is 0.842. The first kappa shape index (κ1) is 10.9. The zero-order valence-corrected chi connectivity index (χ0v) is 9.65. The van der Waals surface area contributed by atoms with E-state index < -0.39 is 0 Å². The van der Waals surface area contributed by atoms with Crippen LogP contribution >= 0.6 is 11.6 Å². The number of pyridine rings is 1. The van der Waals surface area contributed by atoms with Crippen LogP contribution in [-0.4, -0.2) is 35.9 Å². The van der Waals surface area contributed by atoms with Crippen LogP contribution in [0.3, 0.4) is 0 Å². The molecule has 6 heteroatoms. The van der Waals surface area contributed by atoms with Gasteiger partial charge < -0.3 is 10.2 Å². The van der Waals surface area contributed by atoms with Crippen molar-refractivity contribution in [3.8, 4) is 0 Å². The molecule has 0 fully saturated rings. The molecule has 0 amide bonds. The van der Waals surface area contributed by atoms with Crippen LogP contribution in [0, 0.1) is 0 Å². The molecule has 5 nitrogen and oxygen atoms in total. The molecule has 0 aliphatic carbocycles. The molecule has 0 radical (unpaired) electrons. The van der Waals surface area contributed by atoms with Crippen molar-refractivity contribution in [3.63, 3.8) is 0 Å². The van der Waals surface area contributed by atoms with Gasteiger partial charge in [-0.2, -0.15) is 0 Å². The van der Waals surface area contributed by atoms with Crippen molar-refractivity contribution in [2.24, 2.45) is 9.98 Å². The third kappa shape index (κ3) is 2.49. The first-order valence-electron chi connectivity index (χ1n) is 4.88. The minimum absolute atomic E-state index is 0.632. The van der Waals surface area contributed by atoms with Crippen LogP contribution in [0.25, 0.3) is 0 Å². The molecule has 1 aliphatic rings. The van der Waals surface area contributed by atoms with Gasteiger partial charge in [-0.15, -0.1) is 0 Å². The van der Waals surface area contributed by atoms with E-state index in [0.29, 0.717) is 24.2 Å². The van der Waals surface area contributed by atoms with Crippen LogP contribution < -0.4 is 5.32 Å². The summed E-state index contributed by atoms with van der Waals surface area (Å²) < 4.78 is 0. The van der Waals surface area contributed by atoms with Crippen molar-refractivity contribution in [1.82, 2.24) is 15.2 Å². The molecular formula is C10H12ClN5. The van der Waals surface area contributed by atoms with E-state index in [1.165, 1.54) is 0 Å². The maximum absolute atomic E-state index is 6.02. The largest absolute Gasteiger partial charge is 0.339 e. The second-order valence-electron chi connectivity index (χ2n) is 3.31. The second kappa shape index (κ2) is 4.94. The number of rotatable bonds is 2. The Morgan fingerprint density at radius 2 is 2.50 bits per heavy atom. The summed E-state index contributed by atoms with van der Waals surface area (Å²) in [6, 6.07) is 3.65. The van der Waals surface area contributed by atoms with E-state index in [-0.39, 0.29) is 0 Å². The number of hydrogen-bond acceptors (Lipinski definition) is 3. The molecule has 1 N–H and O–H groups in total. The maximum atomic E-state index is 6.02. The Morgan fingerprint density at radius 3 is 3.12 bits per heavy atom. The molecular weight excluding hydrogens is 226 g/mol. The summed E-state index contributed by atoms with van der Waals surface area (Å²) in [7, 11) is 1.70. The zero-order valence-electron chi connectivity index (χ0n) is 8.89. The Morgan fingerprint density at radius 1 is 1.62 bits per heavy atom. The van der Waals surface area contributed by atoms with Crippen molar-refractivity contribution in [2.45, 2.75) is 6.54 Å². The summed E-state index contributed by atoms with van der Waals surface area (Å²) in [5, 5.41) is 3.74. The number of nitrogens with one attached hydrogen (secondary N) is 1. The van der Waals surface area contributed by atoms with Gasteiger partial charge in [-0.3, -0.25) is 9.98 Å². The fourth-order valence-corrected chi connectivity index (χ4v) is 1.54. The van der Waals surface area contributed by atoms with Gasteiger partial charge in [0, 0.05) is 13.2 Å². The fourth-order valence-electron chi connectivity index (χ4n) is 1.36. The predicted octanol–water partition coefficient (Wildman–Crippen LogP) is 1.11. The molecule has 1 aromatic rings. The van der Waals surface area contributed by atoms with Gasteiger partial charge in [0.2, 0.25) is 5.96 Å². The molecule has 16 heavy (non-hydrogen) atoms. The van der Waals surface area contributed by atoms with E-state index in [2.05, 4.69) is 20.3 Å². The van der Waals surface area contributed by atoms with Crippen LogP contribution in [0.15, 0.2) is 28.3 Å². The number of nitrogens with zero attached hydrogens (tertiary/aromatic N) is 4. The third-order valence-corrected chi connectivity index (χ3v) is 2.53. The lowest BCUT2D eigenvalue weighted by molar-refractivity contribution is 0.402. The number of aromatic nitrogens is 1. The topological polar surface area (TPSA) is 52.9 Å². The molecule has 0 unspecified atom stereocenters. The molecule has 2 heterocycles. The summed E-state index contributed by atoms with van der Waals surface area (Å²) in [6.45, 7) is 1.29. The highest BCUT2D eigenvalue weighted by molar-refractivity contribution is 6.31. The Labute approximate surface area is 98.9 Å². The average Bonchev–Trinajstić information content (AvgIpc) is 2.33. The van der Waals surface area contributed by atoms with E-state index in [0.717, 1.165) is 5.69 Å². The van der Waals surface area contributed by atoms with E-state index in [1.54, 1.807) is 19.6 Å². The van der Waals surface area contributed by atoms with Gasteiger partial charge in [0.1, 0.15) is 0 Å². The van der Waals surface area contributed by atoms with Crippen LogP contribution in [0.2, 0.25) is 5.02 Å². The molecule has 0 spiro atoms. The highest BCUT2D eigenvalue weighted by atomic mass is 35.5. The Kier molecular flexibility index (Phi) is 3.36. The molecule has 84 valence electrons. The van der Waals surface area contributed by atoms with Gasteiger partial charge in [-0.25, -0.2) is 4.99 Å². The van der Waals surface area contributed by atoms with Crippen molar-refractivity contribution < 1.29 is 0 Å². The normalized spacial score (nSPS) is 17.6. The lowest BCUT2D eigenvalue weighted by atomic mass is 10.3. The fraction of sp³-hybridized carbons (Fsp3) is 0.300. The van der Waals surface area contributed by atoms with Crippen LogP contribution in [0.5, 0.6) is 0 Å². The predicted molar refractivity (Wildman–Crippen MR) is 64.6 cm³/mol. The van der Waals surface area contributed by atoms with Gasteiger partial charge in [0.15, 0.2) is 0 Å². The van der Waals surface area contributed by atoms with E-state index in [4.69, 9.17) is 11.6 Å². The van der Waals surface area contributed by atoms with E-state index in [9.17, 15) is 0 Å². The summed E-state index contributed by atoms with van der Waals surface area (Å²) in [5.74, 6) is 0.642. The van der Waals surface area contributed by atoms with Crippen molar-refractivity contribution in [3.05, 3.63) is 29.0 Å². The second-order valence-corrected chi connectivity index (χ2v) is 3.71. The Hall–Kier alpha value is -1.62. The first-order chi connectivity index (χ1) is 7.79. The summed E-state index contributed by atoms with van der Waals surface area (Å²) in [4.78, 5) is 14.3. The van der Waals surface area contributed by atoms with E-state index >= 15 is 0 Å². The smallest absolute Gasteiger partial charge is 0.220 e. The van der Waals surface area contributed by atoms with Crippen molar-refractivity contribution in [2.75, 3.05) is 13.7 Å². The van der Waals surface area contributed by atoms with Gasteiger partial charge in [0.05, 0.1) is 30.3 Å². The molecule has 1 aliphatic heterocycles. The van der Waals surface area contributed by atoms with Gasteiger partial charge >= 0.3 is 0 Å². The van der Waals surface area contributed by atoms with Crippen LogP contribution in [0.1, 0.15) is 5.69 Å². The molecule has 0 bridgehead atoms. The van der Waals surface area contributed by atoms with Crippen LogP contribution in [0.4, 0.5) is 0 Å². The van der Waals surface area contributed by atoms with Gasteiger partial charge in [-0.05, 0) is 12.1 Å². The lowest BCUT2D eigenvalue weighted by Gasteiger charge is -2.23. The summed E-state index contributed by atoms with van der Waals surface area (Å²) >= 11 is 6.02. The van der Waals surface area contributed by atoms with Gasteiger partial charge in [0.25, 0.3) is 0 Å². The Bertz CT molecular complexity index is 429. The van der Waals surface area contributed by atoms with Crippen molar-refractivity contribution in [1.29, 1.82) is 0 Å². The number of guanidine groups is 1. The standard InChI is InChI=1S/C10H12ClN5/c1-12-10-14-6-16(7-15-10)5-9-8(11)3-2-4-13-9/h2-4,6H,5,7H2,1H3,(H,12,15). The molecule has 0 aromatic carbocycles. The summed E-state index contributed by atoms with van der Waals surface area (Å²) in [6.07, 6.45) is 3.47. The SMILES string of the molecule is CN=C1N=CN(Cc2ncccc2Cl)CN1. The molecule has 1 aromatic heterocycles. The highest BCUT2D eigenvalue weighted by Gasteiger charge is 2.10. The Balaban J connectivity index is 2.05. The zero-order chi connectivity index (χ0) is 11.4. The first-order valence-corrected chi connectivity index (χ1v) is 5.25. The van der Waals surface area contributed by atoms with Gasteiger partial charge in [-0.1, -0.05) is 11.6 Å². The minimum Gasteiger partial charge on any atom is -0.339 e. The maximum Gasteiger partial charge on any atom is 0.220 e. The molecule has 0 saturated carbocycles. The molecule has 2 rings (SSSR count). The average molecular weight is 238 g/mol. The van der Waals surface area contributed by atoms with Crippen LogP contribution in [-0.2, 0) is 6.54 Å². The molecule has 0 saturated heterocycles. The van der Waals surface area contributed by atoms with Crippen molar-refractivity contribution >= 4 is 23.9 Å². The molecule has 0 atom stereocenters. The minimum atomic E-state index is 0.632. The lowest BCUT2D eigenvalue weighted by Crippen LogP contribution is -2.40. The third-order valence-electron chi connectivity index (χ3n) is 2.18. The number of halogens is 1. The highest BCUT2D eigenvalue weighted by Crippen LogP contribution is 2.13. The number of aliphatic imine (C=N–C) groups is 2. The van der Waals surface area contributed by atoms with E-state index in [1.807, 2.05) is 17.0 Å².